The van der Waals surface area contributed by atoms with Crippen LogP contribution in [0.1, 0.15) is 33.1 Å². The Morgan fingerprint density at radius 3 is 2.64 bits per heavy atom. The van der Waals surface area contributed by atoms with Gasteiger partial charge in [-0.2, -0.15) is 0 Å². The Kier molecular flexibility index (Phi) is 2.49. The van der Waals surface area contributed by atoms with E-state index in [1.165, 1.54) is 0 Å². The topological polar surface area (TPSA) is 47.6 Å². The number of oxime groups is 1. The van der Waals surface area contributed by atoms with Crippen LogP contribution >= 0.6 is 0 Å². The predicted molar refractivity (Wildman–Crippen MR) is 45.5 cm³/mol. The van der Waals surface area contributed by atoms with Crippen LogP contribution in [0.4, 0.5) is 0 Å². The van der Waals surface area contributed by atoms with Crippen molar-refractivity contribution in [1.29, 1.82) is 0 Å². The summed E-state index contributed by atoms with van der Waals surface area (Å²) in [6, 6.07) is 0. The van der Waals surface area contributed by atoms with Gasteiger partial charge in [0.15, 0.2) is 5.60 Å². The van der Waals surface area contributed by atoms with Gasteiger partial charge in [0, 0.05) is 13.0 Å². The highest BCUT2D eigenvalue weighted by Crippen LogP contribution is 2.26. The first-order chi connectivity index (χ1) is 5.26. The third kappa shape index (κ3) is 1.53. The minimum absolute atomic E-state index is 0.175. The number of hydrogen-bond donors (Lipinski definition) is 1. The van der Waals surface area contributed by atoms with Gasteiger partial charge in [0.25, 0.3) is 0 Å². The number of nitrogens with zero attached hydrogens (tertiary/aromatic N) is 1. The first kappa shape index (κ1) is 8.53. The maximum Gasteiger partial charge on any atom is 0.154 e. The molecule has 1 aliphatic rings. The van der Waals surface area contributed by atoms with Crippen molar-refractivity contribution >= 4 is 5.71 Å². The average Bonchev–Trinajstić information content (AvgIpc) is 2.49. The zero-order chi connectivity index (χ0) is 8.32. The SMILES string of the molecule is CCC1=NO[C@@](CC)(CN)C1. The fraction of sp³-hybridized carbons (Fsp3) is 0.875. The Morgan fingerprint density at radius 2 is 2.36 bits per heavy atom. The van der Waals surface area contributed by atoms with E-state index in [1.54, 1.807) is 0 Å². The fourth-order valence-corrected chi connectivity index (χ4v) is 1.23. The highest BCUT2D eigenvalue weighted by Gasteiger charge is 2.35. The fourth-order valence-electron chi connectivity index (χ4n) is 1.23. The van der Waals surface area contributed by atoms with Crippen LogP contribution in [-0.4, -0.2) is 17.9 Å². The number of hydrogen-bond acceptors (Lipinski definition) is 3. The molecule has 11 heavy (non-hydrogen) atoms. The largest absolute Gasteiger partial charge is 0.388 e. The molecule has 0 bridgehead atoms. The van der Waals surface area contributed by atoms with Gasteiger partial charge < -0.3 is 10.6 Å². The molecule has 0 amide bonds. The summed E-state index contributed by atoms with van der Waals surface area (Å²) >= 11 is 0. The molecule has 1 heterocycles. The van der Waals surface area contributed by atoms with E-state index in [9.17, 15) is 0 Å². The van der Waals surface area contributed by atoms with Crippen molar-refractivity contribution in [2.45, 2.75) is 38.7 Å². The third-order valence-electron chi connectivity index (χ3n) is 2.32. The molecule has 0 aromatic rings. The van der Waals surface area contributed by atoms with E-state index in [4.69, 9.17) is 10.6 Å². The highest BCUT2D eigenvalue weighted by molar-refractivity contribution is 5.85. The summed E-state index contributed by atoms with van der Waals surface area (Å²) in [4.78, 5) is 5.31. The number of rotatable bonds is 3. The quantitative estimate of drug-likeness (QED) is 0.669. The van der Waals surface area contributed by atoms with Crippen LogP contribution in [0.25, 0.3) is 0 Å². The molecule has 0 aliphatic carbocycles. The summed E-state index contributed by atoms with van der Waals surface area (Å²) in [5.74, 6) is 0. The lowest BCUT2D eigenvalue weighted by atomic mass is 9.94. The van der Waals surface area contributed by atoms with Crippen LogP contribution < -0.4 is 5.73 Å². The monoisotopic (exact) mass is 156 g/mol. The van der Waals surface area contributed by atoms with Crippen molar-refractivity contribution < 1.29 is 4.84 Å². The molecule has 0 saturated heterocycles. The molecule has 1 aliphatic heterocycles. The molecule has 1 atom stereocenters. The first-order valence-electron chi connectivity index (χ1n) is 4.20. The zero-order valence-corrected chi connectivity index (χ0v) is 7.26. The van der Waals surface area contributed by atoms with Crippen LogP contribution in [-0.2, 0) is 4.84 Å². The van der Waals surface area contributed by atoms with Crippen LogP contribution in [0, 0.1) is 0 Å². The van der Waals surface area contributed by atoms with Gasteiger partial charge in [-0.1, -0.05) is 19.0 Å². The van der Waals surface area contributed by atoms with E-state index in [-0.39, 0.29) is 5.60 Å². The normalized spacial score (nSPS) is 29.9. The molecule has 0 saturated carbocycles. The molecule has 0 spiro atoms. The molecule has 0 fully saturated rings. The molecular formula is C8H16N2O. The van der Waals surface area contributed by atoms with E-state index in [0.29, 0.717) is 6.54 Å². The zero-order valence-electron chi connectivity index (χ0n) is 7.26. The van der Waals surface area contributed by atoms with E-state index in [1.807, 2.05) is 0 Å². The van der Waals surface area contributed by atoms with Gasteiger partial charge in [0.1, 0.15) is 0 Å². The second-order valence-corrected chi connectivity index (χ2v) is 3.02. The predicted octanol–water partition coefficient (Wildman–Crippen LogP) is 1.28. The minimum atomic E-state index is -0.175. The molecule has 1 rings (SSSR count). The van der Waals surface area contributed by atoms with Gasteiger partial charge in [0.2, 0.25) is 0 Å². The van der Waals surface area contributed by atoms with Crippen molar-refractivity contribution in [3.63, 3.8) is 0 Å². The molecule has 0 radical (unpaired) electrons. The molecule has 0 aromatic carbocycles. The van der Waals surface area contributed by atoms with Gasteiger partial charge in [-0.05, 0) is 12.8 Å². The lowest BCUT2D eigenvalue weighted by molar-refractivity contribution is -0.0140. The smallest absolute Gasteiger partial charge is 0.154 e. The molecule has 3 nitrogen and oxygen atoms in total. The summed E-state index contributed by atoms with van der Waals surface area (Å²) in [7, 11) is 0. The minimum Gasteiger partial charge on any atom is -0.388 e. The standard InChI is InChI=1S/C8H16N2O/c1-3-7-5-8(4-2,6-9)11-10-7/h3-6,9H2,1-2H3/t8-/m1/s1. The van der Waals surface area contributed by atoms with Gasteiger partial charge in [-0.3, -0.25) is 0 Å². The summed E-state index contributed by atoms with van der Waals surface area (Å²) in [6.07, 6.45) is 2.83. The molecule has 2 N–H and O–H groups in total. The Bertz CT molecular complexity index is 161. The van der Waals surface area contributed by atoms with E-state index in [2.05, 4.69) is 19.0 Å². The van der Waals surface area contributed by atoms with Crippen LogP contribution in [0.2, 0.25) is 0 Å². The highest BCUT2D eigenvalue weighted by atomic mass is 16.7. The summed E-state index contributed by atoms with van der Waals surface area (Å²) in [6.45, 7) is 4.74. The Balaban J connectivity index is 2.54. The van der Waals surface area contributed by atoms with Crippen LogP contribution in [0.15, 0.2) is 5.16 Å². The first-order valence-corrected chi connectivity index (χ1v) is 4.20. The van der Waals surface area contributed by atoms with Crippen LogP contribution in [0.5, 0.6) is 0 Å². The van der Waals surface area contributed by atoms with Crippen molar-refractivity contribution in [3.05, 3.63) is 0 Å². The molecule has 0 aromatic heterocycles. The molecule has 64 valence electrons. The van der Waals surface area contributed by atoms with E-state index >= 15 is 0 Å². The second-order valence-electron chi connectivity index (χ2n) is 3.02. The molecule has 3 heteroatoms. The van der Waals surface area contributed by atoms with E-state index < -0.39 is 0 Å². The Hall–Kier alpha value is -0.570. The van der Waals surface area contributed by atoms with Crippen molar-refractivity contribution in [3.8, 4) is 0 Å². The van der Waals surface area contributed by atoms with Gasteiger partial charge in [0.05, 0.1) is 5.71 Å². The molecule has 0 unspecified atom stereocenters. The lowest BCUT2D eigenvalue weighted by Gasteiger charge is -2.22. The average molecular weight is 156 g/mol. The van der Waals surface area contributed by atoms with Gasteiger partial charge in [-0.25, -0.2) is 0 Å². The third-order valence-corrected chi connectivity index (χ3v) is 2.32. The van der Waals surface area contributed by atoms with Crippen LogP contribution in [0.3, 0.4) is 0 Å². The van der Waals surface area contributed by atoms with E-state index in [0.717, 1.165) is 25.0 Å². The lowest BCUT2D eigenvalue weighted by Crippen LogP contribution is -2.37. The summed E-state index contributed by atoms with van der Waals surface area (Å²) in [5, 5.41) is 3.99. The molecular weight excluding hydrogens is 140 g/mol. The van der Waals surface area contributed by atoms with Crippen molar-refractivity contribution in [2.75, 3.05) is 6.54 Å². The Morgan fingerprint density at radius 1 is 1.64 bits per heavy atom. The second kappa shape index (κ2) is 3.22. The summed E-state index contributed by atoms with van der Waals surface area (Å²) < 4.78 is 0. The maximum atomic E-state index is 5.60. The van der Waals surface area contributed by atoms with Gasteiger partial charge in [-0.15, -0.1) is 0 Å². The maximum absolute atomic E-state index is 5.60. The van der Waals surface area contributed by atoms with Gasteiger partial charge >= 0.3 is 0 Å². The summed E-state index contributed by atoms with van der Waals surface area (Å²) in [5.41, 5.74) is 6.56. The number of nitrogens with two attached hydrogens (primary N) is 1. The van der Waals surface area contributed by atoms with Crippen molar-refractivity contribution in [1.82, 2.24) is 0 Å². The van der Waals surface area contributed by atoms with Crippen molar-refractivity contribution in [2.24, 2.45) is 10.9 Å². The Labute approximate surface area is 67.6 Å².